The van der Waals surface area contributed by atoms with Crippen molar-refractivity contribution in [3.05, 3.63) is 47.3 Å². The van der Waals surface area contributed by atoms with Crippen molar-refractivity contribution in [1.82, 2.24) is 20.4 Å². The van der Waals surface area contributed by atoms with Crippen molar-refractivity contribution >= 4 is 5.96 Å². The summed E-state index contributed by atoms with van der Waals surface area (Å²) in [5.74, 6) is 1.68. The number of ether oxygens (including phenoxy) is 1. The molecule has 1 unspecified atom stereocenters. The Morgan fingerprint density at radius 1 is 1.32 bits per heavy atom. The van der Waals surface area contributed by atoms with Crippen molar-refractivity contribution in [3.63, 3.8) is 0 Å². The molecule has 0 amide bonds. The summed E-state index contributed by atoms with van der Waals surface area (Å²) in [5.41, 5.74) is 3.43. The fraction of sp³-hybridized carbons (Fsp3) is 0.474. The lowest BCUT2D eigenvalue weighted by atomic mass is 10.1. The molecule has 0 saturated carbocycles. The number of aryl methyl sites for hydroxylation is 2. The second kappa shape index (κ2) is 9.11. The lowest BCUT2D eigenvalue weighted by Gasteiger charge is -2.18. The second-order valence-corrected chi connectivity index (χ2v) is 6.25. The molecule has 0 fully saturated rings. The molecule has 0 aliphatic heterocycles. The molecule has 2 N–H and O–H groups in total. The van der Waals surface area contributed by atoms with Gasteiger partial charge >= 0.3 is 0 Å². The molecule has 1 heterocycles. The van der Waals surface area contributed by atoms with E-state index in [1.54, 1.807) is 11.7 Å². The topological polar surface area (TPSA) is 63.5 Å². The lowest BCUT2D eigenvalue weighted by molar-refractivity contribution is 0.215. The van der Waals surface area contributed by atoms with Gasteiger partial charge in [-0.05, 0) is 31.9 Å². The summed E-state index contributed by atoms with van der Waals surface area (Å²) in [4.78, 5) is 4.28. The average molecular weight is 343 g/mol. The molecule has 0 saturated heterocycles. The van der Waals surface area contributed by atoms with Gasteiger partial charge in [0.25, 0.3) is 0 Å². The van der Waals surface area contributed by atoms with E-state index in [1.165, 1.54) is 5.56 Å². The van der Waals surface area contributed by atoms with Crippen LogP contribution in [0.4, 0.5) is 0 Å². The Balaban J connectivity index is 1.96. The largest absolute Gasteiger partial charge is 0.490 e. The maximum Gasteiger partial charge on any atom is 0.191 e. The first kappa shape index (κ1) is 18.8. The van der Waals surface area contributed by atoms with Crippen LogP contribution in [0.25, 0.3) is 0 Å². The van der Waals surface area contributed by atoms with E-state index in [0.717, 1.165) is 29.3 Å². The van der Waals surface area contributed by atoms with E-state index >= 15 is 0 Å². The highest BCUT2D eigenvalue weighted by Crippen LogP contribution is 2.22. The quantitative estimate of drug-likeness (QED) is 0.599. The summed E-state index contributed by atoms with van der Waals surface area (Å²) >= 11 is 0. The van der Waals surface area contributed by atoms with Gasteiger partial charge in [-0.15, -0.1) is 0 Å². The molecular formula is C19H29N5O. The highest BCUT2D eigenvalue weighted by molar-refractivity contribution is 5.79. The Bertz CT molecular complexity index is 708. The summed E-state index contributed by atoms with van der Waals surface area (Å²) in [6.45, 7) is 7.63. The van der Waals surface area contributed by atoms with E-state index < -0.39 is 0 Å². The van der Waals surface area contributed by atoms with Crippen LogP contribution in [-0.4, -0.2) is 28.9 Å². The summed E-state index contributed by atoms with van der Waals surface area (Å²) < 4.78 is 7.85. The van der Waals surface area contributed by atoms with Crippen LogP contribution >= 0.6 is 0 Å². The fourth-order valence-electron chi connectivity index (χ4n) is 2.37. The van der Waals surface area contributed by atoms with E-state index in [-0.39, 0.29) is 6.10 Å². The molecule has 0 aliphatic rings. The summed E-state index contributed by atoms with van der Waals surface area (Å²) in [5, 5.41) is 10.8. The number of nitrogens with one attached hydrogen (secondary N) is 2. The van der Waals surface area contributed by atoms with Crippen molar-refractivity contribution in [2.45, 2.75) is 46.4 Å². The first-order valence-corrected chi connectivity index (χ1v) is 8.70. The number of guanidine groups is 1. The number of nitrogens with zero attached hydrogens (tertiary/aromatic N) is 3. The minimum Gasteiger partial charge on any atom is -0.490 e. The Labute approximate surface area is 150 Å². The SMILES string of the molecule is CCC(C)Oc1cc(C)ccc1CNC(=NC)NCc1cnn(C)c1. The van der Waals surface area contributed by atoms with Gasteiger partial charge in [0.05, 0.1) is 12.3 Å². The van der Waals surface area contributed by atoms with Gasteiger partial charge in [0.1, 0.15) is 5.75 Å². The molecule has 6 nitrogen and oxygen atoms in total. The number of hydrogen-bond acceptors (Lipinski definition) is 3. The van der Waals surface area contributed by atoms with Gasteiger partial charge in [-0.2, -0.15) is 5.10 Å². The molecule has 6 heteroatoms. The zero-order chi connectivity index (χ0) is 18.2. The lowest BCUT2D eigenvalue weighted by Crippen LogP contribution is -2.36. The van der Waals surface area contributed by atoms with Crippen LogP contribution in [-0.2, 0) is 20.1 Å². The number of hydrogen-bond donors (Lipinski definition) is 2. The van der Waals surface area contributed by atoms with Crippen LogP contribution in [0.15, 0.2) is 35.6 Å². The molecule has 1 atom stereocenters. The normalized spacial score (nSPS) is 12.8. The summed E-state index contributed by atoms with van der Waals surface area (Å²) in [6.07, 6.45) is 5.01. The van der Waals surface area contributed by atoms with Gasteiger partial charge in [0.2, 0.25) is 0 Å². The second-order valence-electron chi connectivity index (χ2n) is 6.25. The predicted octanol–water partition coefficient (Wildman–Crippen LogP) is 2.77. The Kier molecular flexibility index (Phi) is 6.86. The number of rotatable bonds is 7. The maximum absolute atomic E-state index is 6.06. The van der Waals surface area contributed by atoms with Gasteiger partial charge in [-0.1, -0.05) is 19.1 Å². The van der Waals surface area contributed by atoms with Crippen LogP contribution in [0, 0.1) is 6.92 Å². The molecule has 2 aromatic rings. The highest BCUT2D eigenvalue weighted by Gasteiger charge is 2.09. The molecule has 2 rings (SSSR count). The van der Waals surface area contributed by atoms with Crippen LogP contribution in [0.5, 0.6) is 5.75 Å². The van der Waals surface area contributed by atoms with Gasteiger partial charge in [-0.25, -0.2) is 0 Å². The Morgan fingerprint density at radius 2 is 2.08 bits per heavy atom. The molecular weight excluding hydrogens is 314 g/mol. The van der Waals surface area contributed by atoms with Crippen molar-refractivity contribution in [1.29, 1.82) is 0 Å². The van der Waals surface area contributed by atoms with Gasteiger partial charge < -0.3 is 15.4 Å². The monoisotopic (exact) mass is 343 g/mol. The van der Waals surface area contributed by atoms with Crippen LogP contribution in [0.1, 0.15) is 37.0 Å². The van der Waals surface area contributed by atoms with Gasteiger partial charge in [-0.3, -0.25) is 9.67 Å². The summed E-state index contributed by atoms with van der Waals surface area (Å²) in [7, 11) is 3.68. The van der Waals surface area contributed by atoms with Gasteiger partial charge in [0.15, 0.2) is 5.96 Å². The number of benzene rings is 1. The van der Waals surface area contributed by atoms with Crippen molar-refractivity contribution in [2.75, 3.05) is 7.05 Å². The van der Waals surface area contributed by atoms with Crippen LogP contribution < -0.4 is 15.4 Å². The zero-order valence-corrected chi connectivity index (χ0v) is 15.8. The van der Waals surface area contributed by atoms with Crippen LogP contribution in [0.3, 0.4) is 0 Å². The molecule has 1 aromatic carbocycles. The zero-order valence-electron chi connectivity index (χ0n) is 15.8. The third kappa shape index (κ3) is 5.81. The van der Waals surface area contributed by atoms with E-state index in [2.05, 4.69) is 59.7 Å². The van der Waals surface area contributed by atoms with E-state index in [9.17, 15) is 0 Å². The number of aliphatic imine (C=N–C) groups is 1. The van der Waals surface area contributed by atoms with Crippen molar-refractivity contribution < 1.29 is 4.74 Å². The molecule has 0 bridgehead atoms. The highest BCUT2D eigenvalue weighted by atomic mass is 16.5. The predicted molar refractivity (Wildman–Crippen MR) is 102 cm³/mol. The third-order valence-corrected chi connectivity index (χ3v) is 4.01. The first-order chi connectivity index (χ1) is 12.0. The van der Waals surface area contributed by atoms with Gasteiger partial charge in [0, 0.05) is 44.5 Å². The minimum atomic E-state index is 0.198. The molecule has 1 aromatic heterocycles. The standard InChI is InChI=1S/C19H29N5O/c1-6-15(3)25-18-9-14(2)7-8-17(18)12-22-19(20-4)21-10-16-11-23-24(5)13-16/h7-9,11,13,15H,6,10,12H2,1-5H3,(H2,20,21,22). The van der Waals surface area contributed by atoms with Crippen molar-refractivity contribution in [2.24, 2.45) is 12.0 Å². The summed E-state index contributed by atoms with van der Waals surface area (Å²) in [6, 6.07) is 6.30. The molecule has 0 spiro atoms. The van der Waals surface area contributed by atoms with E-state index in [0.29, 0.717) is 13.1 Å². The minimum absolute atomic E-state index is 0.198. The smallest absolute Gasteiger partial charge is 0.191 e. The Hall–Kier alpha value is -2.50. The molecule has 0 aliphatic carbocycles. The fourth-order valence-corrected chi connectivity index (χ4v) is 2.37. The molecule has 136 valence electrons. The van der Waals surface area contributed by atoms with E-state index in [4.69, 9.17) is 4.74 Å². The average Bonchev–Trinajstić information content (AvgIpc) is 3.01. The van der Waals surface area contributed by atoms with Crippen LogP contribution in [0.2, 0.25) is 0 Å². The first-order valence-electron chi connectivity index (χ1n) is 8.70. The number of aromatic nitrogens is 2. The van der Waals surface area contributed by atoms with Crippen molar-refractivity contribution in [3.8, 4) is 5.75 Å². The molecule has 25 heavy (non-hydrogen) atoms. The molecule has 0 radical (unpaired) electrons. The van der Waals surface area contributed by atoms with E-state index in [1.807, 2.05) is 19.4 Å². The Morgan fingerprint density at radius 3 is 2.72 bits per heavy atom. The maximum atomic E-state index is 6.06. The third-order valence-electron chi connectivity index (χ3n) is 4.01.